The summed E-state index contributed by atoms with van der Waals surface area (Å²) < 4.78 is 0. The molecule has 0 radical (unpaired) electrons. The van der Waals surface area contributed by atoms with E-state index in [4.69, 9.17) is 0 Å². The molecule has 1 nitrogen and oxygen atoms in total. The van der Waals surface area contributed by atoms with Crippen LogP contribution in [-0.2, 0) is 5.41 Å². The zero-order valence-corrected chi connectivity index (χ0v) is 27.7. The Morgan fingerprint density at radius 3 is 1.98 bits per heavy atom. The first kappa shape index (κ1) is 41.4. The SMILES string of the molecule is C#C.C=C(C/C=C\C(=C/C)c1ccc(C(C)(C)C)cc1)C(C)C.C=CCC/C=C(/CCNC)C(=C)/C=C\C.CC. The molecular weight excluding hydrogens is 482 g/mol. The Bertz CT molecular complexity index is 950. The van der Waals surface area contributed by atoms with Gasteiger partial charge in [-0.25, -0.2) is 0 Å². The molecule has 1 heteroatoms. The molecule has 1 aromatic carbocycles. The zero-order chi connectivity index (χ0) is 31.6. The highest BCUT2D eigenvalue weighted by Gasteiger charge is 2.13. The molecule has 0 atom stereocenters. The lowest BCUT2D eigenvalue weighted by Gasteiger charge is -2.19. The molecule has 0 aliphatic heterocycles. The molecular formula is C39H61N. The first-order chi connectivity index (χ1) is 19.0. The lowest BCUT2D eigenvalue weighted by Crippen LogP contribution is -2.10. The molecule has 1 N–H and O–H groups in total. The summed E-state index contributed by atoms with van der Waals surface area (Å²) in [5.41, 5.74) is 7.87. The summed E-state index contributed by atoms with van der Waals surface area (Å²) in [5, 5.41) is 3.16. The van der Waals surface area contributed by atoms with E-state index in [1.54, 1.807) is 0 Å². The molecule has 1 rings (SSSR count). The number of terminal acetylenes is 1. The van der Waals surface area contributed by atoms with E-state index in [0.29, 0.717) is 5.92 Å². The number of benzene rings is 1. The van der Waals surface area contributed by atoms with Crippen LogP contribution >= 0.6 is 0 Å². The van der Waals surface area contributed by atoms with Crippen molar-refractivity contribution >= 4 is 5.57 Å². The van der Waals surface area contributed by atoms with Gasteiger partial charge in [-0.2, -0.15) is 0 Å². The van der Waals surface area contributed by atoms with Gasteiger partial charge in [0.25, 0.3) is 0 Å². The first-order valence-electron chi connectivity index (χ1n) is 14.7. The maximum absolute atomic E-state index is 4.12. The third kappa shape index (κ3) is 19.9. The molecule has 0 fully saturated rings. The van der Waals surface area contributed by atoms with Gasteiger partial charge in [-0.1, -0.05) is 134 Å². The van der Waals surface area contributed by atoms with E-state index in [0.717, 1.165) is 37.8 Å². The molecule has 0 saturated heterocycles. The van der Waals surface area contributed by atoms with Crippen molar-refractivity contribution < 1.29 is 0 Å². The van der Waals surface area contributed by atoms with Crippen LogP contribution in [0.5, 0.6) is 0 Å². The lowest BCUT2D eigenvalue weighted by molar-refractivity contribution is 0.590. The van der Waals surface area contributed by atoms with E-state index in [-0.39, 0.29) is 5.41 Å². The van der Waals surface area contributed by atoms with Crippen molar-refractivity contribution in [3.63, 3.8) is 0 Å². The van der Waals surface area contributed by atoms with Crippen LogP contribution in [0.4, 0.5) is 0 Å². The second-order valence-corrected chi connectivity index (χ2v) is 10.5. The third-order valence-electron chi connectivity index (χ3n) is 6.08. The van der Waals surface area contributed by atoms with Crippen LogP contribution in [0.1, 0.15) is 99.1 Å². The maximum Gasteiger partial charge on any atom is -0.00113 e. The Hall–Kier alpha value is -3.08. The van der Waals surface area contributed by atoms with Gasteiger partial charge in [0.1, 0.15) is 0 Å². The number of hydrogen-bond acceptors (Lipinski definition) is 1. The molecule has 0 amide bonds. The highest BCUT2D eigenvalue weighted by Crippen LogP contribution is 2.25. The largest absolute Gasteiger partial charge is 0.319 e. The van der Waals surface area contributed by atoms with Crippen LogP contribution in [-0.4, -0.2) is 13.6 Å². The topological polar surface area (TPSA) is 12.0 Å². The Morgan fingerprint density at radius 1 is 0.975 bits per heavy atom. The number of hydrogen-bond donors (Lipinski definition) is 1. The predicted molar refractivity (Wildman–Crippen MR) is 188 cm³/mol. The molecule has 0 saturated carbocycles. The zero-order valence-electron chi connectivity index (χ0n) is 27.7. The third-order valence-corrected chi connectivity index (χ3v) is 6.08. The monoisotopic (exact) mass is 543 g/mol. The number of rotatable bonds is 13. The summed E-state index contributed by atoms with van der Waals surface area (Å²) in [5.74, 6) is 0.551. The van der Waals surface area contributed by atoms with Crippen LogP contribution < -0.4 is 5.32 Å². The van der Waals surface area contributed by atoms with Crippen molar-refractivity contribution in [2.45, 2.75) is 93.4 Å². The fourth-order valence-electron chi connectivity index (χ4n) is 3.43. The minimum atomic E-state index is 0.208. The standard InChI is InChI=1S/C21H30.C14H23N.C2H6.C2H2/c1-8-18(11-9-10-17(4)16(2)3)19-12-14-20(15-13-19)21(5,6)7;1-5-7-8-10-14(11-12-15-4)13(3)9-6-2;2*1-2/h8-9,11-16H,4,10H2,1-3,5-7H3;5-6,9-10,15H,1,3,7-8,11-12H2,2,4H3;1-2H3;1-2H/b11-9-,18-8+;9-6-,14-10-;;. The quantitative estimate of drug-likeness (QED) is 0.113. The highest BCUT2D eigenvalue weighted by atomic mass is 14.8. The van der Waals surface area contributed by atoms with Crippen LogP contribution in [0, 0.1) is 18.8 Å². The first-order valence-corrected chi connectivity index (χ1v) is 14.7. The molecule has 0 bridgehead atoms. The summed E-state index contributed by atoms with van der Waals surface area (Å²) in [7, 11) is 1.97. The molecule has 0 aromatic heterocycles. The van der Waals surface area contributed by atoms with Gasteiger partial charge in [0.05, 0.1) is 0 Å². The highest BCUT2D eigenvalue weighted by molar-refractivity contribution is 5.73. The van der Waals surface area contributed by atoms with Gasteiger partial charge in [0, 0.05) is 0 Å². The van der Waals surface area contributed by atoms with Crippen molar-refractivity contribution in [2.24, 2.45) is 5.92 Å². The number of allylic oxidation sites excluding steroid dienone is 10. The van der Waals surface area contributed by atoms with Crippen molar-refractivity contribution in [3.05, 3.63) is 114 Å². The van der Waals surface area contributed by atoms with Crippen molar-refractivity contribution in [3.8, 4) is 12.8 Å². The van der Waals surface area contributed by atoms with Crippen LogP contribution in [0.3, 0.4) is 0 Å². The summed E-state index contributed by atoms with van der Waals surface area (Å²) >= 11 is 0. The molecule has 40 heavy (non-hydrogen) atoms. The molecule has 222 valence electrons. The van der Waals surface area contributed by atoms with Gasteiger partial charge >= 0.3 is 0 Å². The summed E-state index contributed by atoms with van der Waals surface area (Å²) in [6.07, 6.45) is 27.0. The fourth-order valence-corrected chi connectivity index (χ4v) is 3.43. The van der Waals surface area contributed by atoms with E-state index >= 15 is 0 Å². The fraction of sp³-hybridized carbons (Fsp3) is 0.436. The van der Waals surface area contributed by atoms with Crippen molar-refractivity contribution in [1.29, 1.82) is 0 Å². The summed E-state index contributed by atoms with van der Waals surface area (Å²) in [6, 6.07) is 8.91. The predicted octanol–water partition coefficient (Wildman–Crippen LogP) is 11.4. The van der Waals surface area contributed by atoms with Gasteiger partial charge in [-0.05, 0) is 92.3 Å². The summed E-state index contributed by atoms with van der Waals surface area (Å²) in [6.45, 7) is 32.1. The van der Waals surface area contributed by atoms with E-state index in [1.807, 2.05) is 40.0 Å². The average Bonchev–Trinajstić information content (AvgIpc) is 2.95. The van der Waals surface area contributed by atoms with Gasteiger partial charge in [-0.3, -0.25) is 0 Å². The van der Waals surface area contributed by atoms with Gasteiger partial charge < -0.3 is 5.32 Å². The van der Waals surface area contributed by atoms with Crippen molar-refractivity contribution in [2.75, 3.05) is 13.6 Å². The Morgan fingerprint density at radius 2 is 1.55 bits per heavy atom. The molecule has 0 heterocycles. The Kier molecular flexibility index (Phi) is 27.1. The van der Waals surface area contributed by atoms with E-state index < -0.39 is 0 Å². The lowest BCUT2D eigenvalue weighted by atomic mass is 9.86. The number of unbranched alkanes of at least 4 members (excludes halogenated alkanes) is 1. The molecule has 1 aromatic rings. The van der Waals surface area contributed by atoms with Gasteiger partial charge in [0.15, 0.2) is 0 Å². The Balaban J connectivity index is -0.000000636. The van der Waals surface area contributed by atoms with Crippen molar-refractivity contribution in [1.82, 2.24) is 5.32 Å². The van der Waals surface area contributed by atoms with Crippen LogP contribution in [0.2, 0.25) is 0 Å². The van der Waals surface area contributed by atoms with Gasteiger partial charge in [0.2, 0.25) is 0 Å². The van der Waals surface area contributed by atoms with Crippen LogP contribution in [0.15, 0.2) is 103 Å². The Labute approximate surface area is 250 Å². The summed E-state index contributed by atoms with van der Waals surface area (Å²) in [4.78, 5) is 0. The molecule has 0 aliphatic rings. The smallest absolute Gasteiger partial charge is 0.00113 e. The molecule has 0 unspecified atom stereocenters. The minimum Gasteiger partial charge on any atom is -0.319 e. The van der Waals surface area contributed by atoms with Gasteiger partial charge in [-0.15, -0.1) is 19.4 Å². The maximum atomic E-state index is 4.12. The minimum absolute atomic E-state index is 0.208. The van der Waals surface area contributed by atoms with Crippen LogP contribution in [0.25, 0.3) is 5.57 Å². The number of nitrogens with one attached hydrogen (secondary N) is 1. The second-order valence-electron chi connectivity index (χ2n) is 10.5. The second kappa shape index (κ2) is 26.2. The molecule has 0 aliphatic carbocycles. The molecule has 0 spiro atoms. The van der Waals surface area contributed by atoms with E-state index in [2.05, 4.69) is 134 Å². The average molecular weight is 544 g/mol. The van der Waals surface area contributed by atoms with E-state index in [1.165, 1.54) is 27.8 Å². The normalized spacial score (nSPS) is 11.6. The van der Waals surface area contributed by atoms with E-state index in [9.17, 15) is 0 Å².